The molecular formula is C27H22Cl2N4O4S. The van der Waals surface area contributed by atoms with Gasteiger partial charge in [0, 0.05) is 43.2 Å². The summed E-state index contributed by atoms with van der Waals surface area (Å²) in [5.41, 5.74) is 2.77. The second kappa shape index (κ2) is 10.6. The molecule has 11 heteroatoms. The van der Waals surface area contributed by atoms with Crippen molar-refractivity contribution in [1.82, 2.24) is 4.90 Å². The molecule has 0 unspecified atom stereocenters. The van der Waals surface area contributed by atoms with Gasteiger partial charge in [-0.25, -0.2) is 0 Å². The molecule has 0 spiro atoms. The summed E-state index contributed by atoms with van der Waals surface area (Å²) in [5, 5.41) is 15.4. The minimum atomic E-state index is -0.491. The Morgan fingerprint density at radius 1 is 0.974 bits per heavy atom. The number of halogens is 2. The van der Waals surface area contributed by atoms with Crippen molar-refractivity contribution < 1.29 is 14.5 Å². The number of rotatable bonds is 5. The number of nitrogens with one attached hydrogen (secondary N) is 1. The number of hydrogen-bond donors (Lipinski definition) is 1. The van der Waals surface area contributed by atoms with E-state index in [9.17, 15) is 19.7 Å². The molecule has 8 nitrogen and oxygen atoms in total. The number of fused-ring (bicyclic) bond motifs is 1. The topological polar surface area (TPSA) is 95.8 Å². The number of hydrogen-bond acceptors (Lipinski definition) is 6. The predicted octanol–water partition coefficient (Wildman–Crippen LogP) is 6.64. The molecule has 4 aromatic rings. The average Bonchev–Trinajstić information content (AvgIpc) is 3.25. The van der Waals surface area contributed by atoms with Gasteiger partial charge in [-0.2, -0.15) is 0 Å². The van der Waals surface area contributed by atoms with Gasteiger partial charge >= 0.3 is 0 Å². The van der Waals surface area contributed by atoms with Crippen LogP contribution < -0.4 is 10.2 Å². The number of aryl methyl sites for hydroxylation is 1. The second-order valence-electron chi connectivity index (χ2n) is 8.89. The second-order valence-corrected chi connectivity index (χ2v) is 10.7. The first-order chi connectivity index (χ1) is 18.2. The predicted molar refractivity (Wildman–Crippen MR) is 152 cm³/mol. The Kier molecular flexibility index (Phi) is 7.25. The molecule has 2 heterocycles. The van der Waals surface area contributed by atoms with Crippen LogP contribution in [0.4, 0.5) is 17.1 Å². The van der Waals surface area contributed by atoms with Crippen LogP contribution in [0.5, 0.6) is 0 Å². The van der Waals surface area contributed by atoms with Crippen LogP contribution in [-0.4, -0.2) is 47.8 Å². The molecule has 3 aromatic carbocycles. The number of amides is 2. The van der Waals surface area contributed by atoms with Crippen molar-refractivity contribution >= 4 is 73.5 Å². The van der Waals surface area contributed by atoms with Crippen LogP contribution in [0.1, 0.15) is 25.6 Å². The zero-order chi connectivity index (χ0) is 27.0. The third kappa shape index (κ3) is 4.92. The molecule has 1 N–H and O–H groups in total. The molecule has 1 fully saturated rings. The first-order valence-electron chi connectivity index (χ1n) is 11.8. The SMILES string of the molecule is Cc1ccc(C(=O)N2CCN(c3c(Cl)cccc3NC(=O)c3sc4c([N+](=O)[O-])cccc4c3Cl)CC2)cc1. The van der Waals surface area contributed by atoms with Crippen LogP contribution in [0.25, 0.3) is 10.1 Å². The Bertz CT molecular complexity index is 1560. The molecular weight excluding hydrogens is 547 g/mol. The number of non-ortho nitro benzene ring substituents is 1. The highest BCUT2D eigenvalue weighted by Crippen LogP contribution is 2.41. The average molecular weight is 569 g/mol. The summed E-state index contributed by atoms with van der Waals surface area (Å²) < 4.78 is 0.341. The Morgan fingerprint density at radius 2 is 1.66 bits per heavy atom. The van der Waals surface area contributed by atoms with Crippen LogP contribution in [0.2, 0.25) is 10.0 Å². The number of para-hydroxylation sites is 1. The molecule has 0 radical (unpaired) electrons. The quantitative estimate of drug-likeness (QED) is 0.215. The third-order valence-corrected chi connectivity index (χ3v) is 8.49. The summed E-state index contributed by atoms with van der Waals surface area (Å²) in [4.78, 5) is 41.2. The molecule has 0 bridgehead atoms. The van der Waals surface area contributed by atoms with Crippen molar-refractivity contribution in [3.63, 3.8) is 0 Å². The minimum Gasteiger partial charge on any atom is -0.365 e. The number of thiophene rings is 1. The van der Waals surface area contributed by atoms with Crippen LogP contribution in [0, 0.1) is 17.0 Å². The van der Waals surface area contributed by atoms with Crippen molar-refractivity contribution in [3.8, 4) is 0 Å². The van der Waals surface area contributed by atoms with E-state index in [4.69, 9.17) is 23.2 Å². The lowest BCUT2D eigenvalue weighted by Gasteiger charge is -2.37. The highest BCUT2D eigenvalue weighted by molar-refractivity contribution is 7.22. The smallest absolute Gasteiger partial charge is 0.287 e. The molecule has 0 atom stereocenters. The van der Waals surface area contributed by atoms with E-state index in [0.717, 1.165) is 16.9 Å². The summed E-state index contributed by atoms with van der Waals surface area (Å²) in [7, 11) is 0. The summed E-state index contributed by atoms with van der Waals surface area (Å²) >= 11 is 14.0. The van der Waals surface area contributed by atoms with Crippen molar-refractivity contribution in [2.45, 2.75) is 6.92 Å². The number of piperazine rings is 1. The van der Waals surface area contributed by atoms with Gasteiger partial charge in [0.1, 0.15) is 9.58 Å². The number of nitro groups is 1. The van der Waals surface area contributed by atoms with Crippen molar-refractivity contribution in [3.05, 3.63) is 96.8 Å². The Hall–Kier alpha value is -3.66. The zero-order valence-electron chi connectivity index (χ0n) is 20.2. The van der Waals surface area contributed by atoms with E-state index < -0.39 is 10.8 Å². The van der Waals surface area contributed by atoms with Crippen molar-refractivity contribution in [1.29, 1.82) is 0 Å². The van der Waals surface area contributed by atoms with Gasteiger partial charge in [0.2, 0.25) is 0 Å². The van der Waals surface area contributed by atoms with E-state index in [1.54, 1.807) is 35.2 Å². The van der Waals surface area contributed by atoms with E-state index in [1.165, 1.54) is 6.07 Å². The lowest BCUT2D eigenvalue weighted by Crippen LogP contribution is -2.49. The van der Waals surface area contributed by atoms with Crippen molar-refractivity contribution in [2.24, 2.45) is 0 Å². The van der Waals surface area contributed by atoms with E-state index >= 15 is 0 Å². The molecule has 38 heavy (non-hydrogen) atoms. The number of benzene rings is 3. The van der Waals surface area contributed by atoms with Gasteiger partial charge in [-0.15, -0.1) is 11.3 Å². The maximum Gasteiger partial charge on any atom is 0.287 e. The molecule has 2 amide bonds. The fourth-order valence-corrected chi connectivity index (χ4v) is 6.28. The van der Waals surface area contributed by atoms with Crippen molar-refractivity contribution in [2.75, 3.05) is 36.4 Å². The lowest BCUT2D eigenvalue weighted by molar-refractivity contribution is -0.382. The molecule has 1 saturated heterocycles. The number of carbonyl (C=O) groups is 2. The van der Waals surface area contributed by atoms with Gasteiger partial charge in [-0.3, -0.25) is 19.7 Å². The standard InChI is InChI=1S/C27H22Cl2N4O4S/c1-16-8-10-17(11-9-16)27(35)32-14-12-31(13-15-32)23-19(28)5-3-6-20(23)30-26(34)25-22(29)18-4-2-7-21(33(36)37)24(18)38-25/h2-11H,12-15H2,1H3,(H,30,34). The molecule has 194 valence electrons. The number of nitro benzene ring substituents is 1. The van der Waals surface area contributed by atoms with E-state index in [2.05, 4.69) is 5.32 Å². The van der Waals surface area contributed by atoms with Gasteiger partial charge in [0.15, 0.2) is 0 Å². The highest BCUT2D eigenvalue weighted by Gasteiger charge is 2.27. The van der Waals surface area contributed by atoms with Gasteiger partial charge in [0.25, 0.3) is 17.5 Å². The molecule has 0 saturated carbocycles. The largest absolute Gasteiger partial charge is 0.365 e. The van der Waals surface area contributed by atoms with Gasteiger partial charge in [0.05, 0.1) is 26.3 Å². The molecule has 0 aliphatic carbocycles. The zero-order valence-corrected chi connectivity index (χ0v) is 22.6. The fourth-order valence-electron chi connectivity index (χ4n) is 4.49. The molecule has 1 aromatic heterocycles. The van der Waals surface area contributed by atoms with E-state index in [0.29, 0.717) is 58.2 Å². The summed E-state index contributed by atoms with van der Waals surface area (Å²) in [6.07, 6.45) is 0. The molecule has 1 aliphatic rings. The van der Waals surface area contributed by atoms with Gasteiger partial charge < -0.3 is 15.1 Å². The highest BCUT2D eigenvalue weighted by atomic mass is 35.5. The van der Waals surface area contributed by atoms with Gasteiger partial charge in [-0.1, -0.05) is 59.1 Å². The minimum absolute atomic E-state index is 0.0224. The number of carbonyl (C=O) groups excluding carboxylic acids is 2. The van der Waals surface area contributed by atoms with Gasteiger partial charge in [-0.05, 0) is 31.2 Å². The Labute approximate surface area is 232 Å². The first kappa shape index (κ1) is 26.0. The summed E-state index contributed by atoms with van der Waals surface area (Å²) in [6.45, 7) is 4.03. The molecule has 1 aliphatic heterocycles. The summed E-state index contributed by atoms with van der Waals surface area (Å²) in [6, 6.07) is 17.3. The number of nitrogens with zero attached hydrogens (tertiary/aromatic N) is 3. The third-order valence-electron chi connectivity index (χ3n) is 6.45. The lowest BCUT2D eigenvalue weighted by atomic mass is 10.1. The van der Waals surface area contributed by atoms with Crippen LogP contribution in [0.3, 0.4) is 0 Å². The maximum absolute atomic E-state index is 13.3. The Morgan fingerprint density at radius 3 is 2.34 bits per heavy atom. The van der Waals surface area contributed by atoms with E-state index in [1.807, 2.05) is 36.1 Å². The number of anilines is 2. The monoisotopic (exact) mass is 568 g/mol. The van der Waals surface area contributed by atoms with Crippen LogP contribution >= 0.6 is 34.5 Å². The summed E-state index contributed by atoms with van der Waals surface area (Å²) in [5.74, 6) is -0.506. The van der Waals surface area contributed by atoms with E-state index in [-0.39, 0.29) is 21.5 Å². The maximum atomic E-state index is 13.3. The first-order valence-corrected chi connectivity index (χ1v) is 13.4. The fraction of sp³-hybridized carbons (Fsp3) is 0.185. The molecule has 5 rings (SSSR count). The normalized spacial score (nSPS) is 13.6. The van der Waals surface area contributed by atoms with Crippen LogP contribution in [0.15, 0.2) is 60.7 Å². The Balaban J connectivity index is 1.36. The van der Waals surface area contributed by atoms with Crippen LogP contribution in [-0.2, 0) is 0 Å².